The van der Waals surface area contributed by atoms with Crippen molar-refractivity contribution in [3.05, 3.63) is 54.4 Å². The summed E-state index contributed by atoms with van der Waals surface area (Å²) >= 11 is 1.82. The summed E-state index contributed by atoms with van der Waals surface area (Å²) in [4.78, 5) is 5.25. The largest absolute Gasteiger partial charge is 0.494 e. The van der Waals surface area contributed by atoms with Crippen molar-refractivity contribution in [2.75, 3.05) is 12.4 Å². The van der Waals surface area contributed by atoms with Crippen LogP contribution in [0.5, 0.6) is 5.75 Å². The fraction of sp³-hybridized carbons (Fsp3) is 0.267. The van der Waals surface area contributed by atoms with Crippen molar-refractivity contribution in [2.24, 2.45) is 5.73 Å². The molecule has 1 heterocycles. The van der Waals surface area contributed by atoms with Gasteiger partial charge in [0, 0.05) is 29.6 Å². The second-order valence-corrected chi connectivity index (χ2v) is 5.25. The number of aromatic nitrogens is 1. The zero-order valence-corrected chi connectivity index (χ0v) is 11.6. The van der Waals surface area contributed by atoms with Gasteiger partial charge in [-0.1, -0.05) is 12.1 Å². The average Bonchev–Trinajstić information content (AvgIpc) is 2.48. The van der Waals surface area contributed by atoms with E-state index in [-0.39, 0.29) is 0 Å². The molecule has 1 aromatic carbocycles. The Bertz CT molecular complexity index is 491. The van der Waals surface area contributed by atoms with Crippen LogP contribution in [0, 0.1) is 0 Å². The van der Waals surface area contributed by atoms with Crippen molar-refractivity contribution in [1.29, 1.82) is 0 Å². The van der Waals surface area contributed by atoms with Gasteiger partial charge in [-0.15, -0.1) is 11.8 Å². The van der Waals surface area contributed by atoms with E-state index in [1.54, 1.807) is 0 Å². The minimum absolute atomic E-state index is 0.551. The van der Waals surface area contributed by atoms with Crippen molar-refractivity contribution in [3.8, 4) is 5.75 Å². The highest BCUT2D eigenvalue weighted by Crippen LogP contribution is 2.18. The smallest absolute Gasteiger partial charge is 0.119 e. The minimum atomic E-state index is 0.551. The standard InChI is InChI=1S/C15H18N2OS/c16-12-13-3-1-4-14(11-13)18-9-2-10-19-15-5-7-17-8-6-15/h1,3-8,11H,2,9-10,12,16H2. The van der Waals surface area contributed by atoms with Crippen LogP contribution in [0.2, 0.25) is 0 Å². The molecule has 0 fully saturated rings. The number of pyridine rings is 1. The molecule has 0 aliphatic carbocycles. The average molecular weight is 274 g/mol. The normalized spacial score (nSPS) is 10.4. The Kier molecular flexibility index (Phi) is 5.72. The summed E-state index contributed by atoms with van der Waals surface area (Å²) in [5.74, 6) is 1.94. The summed E-state index contributed by atoms with van der Waals surface area (Å²) in [7, 11) is 0. The van der Waals surface area contributed by atoms with Crippen LogP contribution in [0.1, 0.15) is 12.0 Å². The van der Waals surface area contributed by atoms with Crippen molar-refractivity contribution < 1.29 is 4.74 Å². The van der Waals surface area contributed by atoms with E-state index in [1.165, 1.54) is 4.90 Å². The molecule has 0 radical (unpaired) electrons. The molecule has 4 heteroatoms. The molecule has 100 valence electrons. The zero-order chi connectivity index (χ0) is 13.3. The minimum Gasteiger partial charge on any atom is -0.494 e. The summed E-state index contributed by atoms with van der Waals surface area (Å²) in [6.07, 6.45) is 4.65. The molecule has 2 N–H and O–H groups in total. The number of benzene rings is 1. The second kappa shape index (κ2) is 7.81. The Hall–Kier alpha value is -1.52. The van der Waals surface area contributed by atoms with Crippen LogP contribution >= 0.6 is 11.8 Å². The summed E-state index contributed by atoms with van der Waals surface area (Å²) in [6, 6.07) is 12.0. The molecule has 0 aliphatic heterocycles. The molecule has 0 bridgehead atoms. The van der Waals surface area contributed by atoms with Crippen LogP contribution in [0.25, 0.3) is 0 Å². The van der Waals surface area contributed by atoms with E-state index < -0.39 is 0 Å². The Morgan fingerprint density at radius 3 is 2.79 bits per heavy atom. The van der Waals surface area contributed by atoms with E-state index in [9.17, 15) is 0 Å². The van der Waals surface area contributed by atoms with Gasteiger partial charge in [0.25, 0.3) is 0 Å². The third-order valence-corrected chi connectivity index (χ3v) is 3.71. The first-order chi connectivity index (χ1) is 9.38. The maximum absolute atomic E-state index is 5.71. The van der Waals surface area contributed by atoms with Gasteiger partial charge in [-0.25, -0.2) is 0 Å². The maximum atomic E-state index is 5.71. The molecule has 3 nitrogen and oxygen atoms in total. The molecular formula is C15H18N2OS. The first-order valence-corrected chi connectivity index (χ1v) is 7.31. The quantitative estimate of drug-likeness (QED) is 0.622. The molecule has 2 aromatic rings. The van der Waals surface area contributed by atoms with Crippen molar-refractivity contribution in [2.45, 2.75) is 17.9 Å². The predicted octanol–water partition coefficient (Wildman–Crippen LogP) is 3.10. The molecule has 0 spiro atoms. The van der Waals surface area contributed by atoms with Crippen molar-refractivity contribution >= 4 is 11.8 Å². The topological polar surface area (TPSA) is 48.1 Å². The van der Waals surface area contributed by atoms with Gasteiger partial charge in [-0.2, -0.15) is 0 Å². The molecule has 0 atom stereocenters. The Labute approximate surface area is 118 Å². The molecule has 0 saturated carbocycles. The molecule has 19 heavy (non-hydrogen) atoms. The van der Waals surface area contributed by atoms with E-state index in [0.717, 1.165) is 30.1 Å². The van der Waals surface area contributed by atoms with Gasteiger partial charge >= 0.3 is 0 Å². The van der Waals surface area contributed by atoms with Crippen LogP contribution in [0.15, 0.2) is 53.7 Å². The van der Waals surface area contributed by atoms with E-state index >= 15 is 0 Å². The number of thioether (sulfide) groups is 1. The van der Waals surface area contributed by atoms with Gasteiger partial charge in [-0.3, -0.25) is 4.98 Å². The van der Waals surface area contributed by atoms with Gasteiger partial charge in [0.05, 0.1) is 6.61 Å². The summed E-state index contributed by atoms with van der Waals surface area (Å²) in [5.41, 5.74) is 6.70. The number of rotatable bonds is 7. The van der Waals surface area contributed by atoms with Crippen LogP contribution < -0.4 is 10.5 Å². The molecule has 0 saturated heterocycles. The first-order valence-electron chi connectivity index (χ1n) is 6.33. The third kappa shape index (κ3) is 4.93. The first kappa shape index (κ1) is 13.9. The fourth-order valence-electron chi connectivity index (χ4n) is 1.64. The highest BCUT2D eigenvalue weighted by Gasteiger charge is 1.97. The number of hydrogen-bond acceptors (Lipinski definition) is 4. The Morgan fingerprint density at radius 1 is 1.16 bits per heavy atom. The molecule has 0 unspecified atom stereocenters. The summed E-state index contributed by atoms with van der Waals surface area (Å²) in [5, 5.41) is 0. The number of nitrogens with zero attached hydrogens (tertiary/aromatic N) is 1. The van der Waals surface area contributed by atoms with Crippen molar-refractivity contribution in [3.63, 3.8) is 0 Å². The lowest BCUT2D eigenvalue weighted by Crippen LogP contribution is -2.00. The van der Waals surface area contributed by atoms with Gasteiger partial charge in [-0.05, 0) is 36.2 Å². The van der Waals surface area contributed by atoms with Gasteiger partial charge in [0.2, 0.25) is 0 Å². The van der Waals surface area contributed by atoms with Crippen LogP contribution in [0.4, 0.5) is 0 Å². The second-order valence-electron chi connectivity index (χ2n) is 4.08. The monoisotopic (exact) mass is 274 g/mol. The lowest BCUT2D eigenvalue weighted by Gasteiger charge is -2.07. The van der Waals surface area contributed by atoms with Gasteiger partial charge in [0.1, 0.15) is 5.75 Å². The zero-order valence-electron chi connectivity index (χ0n) is 10.8. The van der Waals surface area contributed by atoms with Crippen molar-refractivity contribution in [1.82, 2.24) is 4.98 Å². The predicted molar refractivity (Wildman–Crippen MR) is 79.4 cm³/mol. The van der Waals surface area contributed by atoms with Crippen LogP contribution in [0.3, 0.4) is 0 Å². The van der Waals surface area contributed by atoms with Gasteiger partial charge in [0.15, 0.2) is 0 Å². The SMILES string of the molecule is NCc1cccc(OCCCSc2ccncc2)c1. The Morgan fingerprint density at radius 2 is 2.00 bits per heavy atom. The molecule has 1 aromatic heterocycles. The highest BCUT2D eigenvalue weighted by molar-refractivity contribution is 7.99. The number of nitrogens with two attached hydrogens (primary N) is 1. The highest BCUT2D eigenvalue weighted by atomic mass is 32.2. The van der Waals surface area contributed by atoms with E-state index in [1.807, 2.05) is 60.6 Å². The summed E-state index contributed by atoms with van der Waals surface area (Å²) in [6.45, 7) is 1.28. The lowest BCUT2D eigenvalue weighted by atomic mass is 10.2. The van der Waals surface area contributed by atoms with Gasteiger partial charge < -0.3 is 10.5 Å². The number of hydrogen-bond donors (Lipinski definition) is 1. The molecule has 0 amide bonds. The number of ether oxygens (including phenoxy) is 1. The summed E-state index contributed by atoms with van der Waals surface area (Å²) < 4.78 is 5.71. The third-order valence-electron chi connectivity index (χ3n) is 2.61. The molecular weight excluding hydrogens is 256 g/mol. The maximum Gasteiger partial charge on any atom is 0.119 e. The van der Waals surface area contributed by atoms with E-state index in [2.05, 4.69) is 4.98 Å². The van der Waals surface area contributed by atoms with E-state index in [0.29, 0.717) is 6.54 Å². The fourth-order valence-corrected chi connectivity index (χ4v) is 2.45. The van der Waals surface area contributed by atoms with E-state index in [4.69, 9.17) is 10.5 Å². The Balaban J connectivity index is 1.66. The van der Waals surface area contributed by atoms with Crippen LogP contribution in [-0.4, -0.2) is 17.3 Å². The lowest BCUT2D eigenvalue weighted by molar-refractivity contribution is 0.318. The molecule has 0 aliphatic rings. The molecule has 2 rings (SSSR count). The van der Waals surface area contributed by atoms with Crippen LogP contribution in [-0.2, 0) is 6.54 Å².